The molecule has 3 N–H and O–H groups in total. The van der Waals surface area contributed by atoms with Crippen molar-refractivity contribution in [1.82, 2.24) is 0 Å². The minimum Gasteiger partial charge on any atom is -0.374 e. The Balaban J connectivity index is 1.94. The summed E-state index contributed by atoms with van der Waals surface area (Å²) in [5.41, 5.74) is 2.14. The molecule has 6 heteroatoms. The number of carbonyl (C=O) groups excluding carboxylic acids is 2. The van der Waals surface area contributed by atoms with E-state index in [1.54, 1.807) is 55.5 Å². The van der Waals surface area contributed by atoms with Gasteiger partial charge in [0.05, 0.1) is 0 Å². The first-order chi connectivity index (χ1) is 10.9. The molecule has 2 aromatic rings. The maximum Gasteiger partial charge on any atom is 0.246 e. The number of carbonyl (C=O) groups is 2. The Morgan fingerprint density at radius 3 is 2.22 bits per heavy atom. The Morgan fingerprint density at radius 1 is 0.957 bits per heavy atom. The van der Waals surface area contributed by atoms with Gasteiger partial charge in [0.25, 0.3) is 0 Å². The van der Waals surface area contributed by atoms with Crippen LogP contribution in [0.3, 0.4) is 0 Å². The lowest BCUT2D eigenvalue weighted by molar-refractivity contribution is -0.116. The van der Waals surface area contributed by atoms with E-state index in [1.165, 1.54) is 6.92 Å². The van der Waals surface area contributed by atoms with Crippen molar-refractivity contribution in [3.05, 3.63) is 53.6 Å². The Labute approximate surface area is 140 Å². The molecule has 0 heterocycles. The third-order valence-corrected chi connectivity index (χ3v) is 3.31. The van der Waals surface area contributed by atoms with E-state index in [-0.39, 0.29) is 11.8 Å². The summed E-state index contributed by atoms with van der Waals surface area (Å²) in [5.74, 6) is -0.293. The van der Waals surface area contributed by atoms with E-state index in [1.807, 2.05) is 0 Å². The van der Waals surface area contributed by atoms with Crippen molar-refractivity contribution >= 4 is 40.5 Å². The molecular weight excluding hydrogens is 314 g/mol. The van der Waals surface area contributed by atoms with Gasteiger partial charge in [0.1, 0.15) is 6.04 Å². The molecule has 0 radical (unpaired) electrons. The second-order valence-electron chi connectivity index (χ2n) is 5.12. The van der Waals surface area contributed by atoms with Crippen LogP contribution >= 0.6 is 11.6 Å². The van der Waals surface area contributed by atoms with E-state index in [2.05, 4.69) is 16.0 Å². The summed E-state index contributed by atoms with van der Waals surface area (Å²) in [5, 5.41) is 9.15. The van der Waals surface area contributed by atoms with Gasteiger partial charge >= 0.3 is 0 Å². The van der Waals surface area contributed by atoms with Crippen LogP contribution in [0.15, 0.2) is 48.5 Å². The smallest absolute Gasteiger partial charge is 0.246 e. The average Bonchev–Trinajstić information content (AvgIpc) is 2.48. The second-order valence-corrected chi connectivity index (χ2v) is 5.56. The van der Waals surface area contributed by atoms with Gasteiger partial charge in [-0.1, -0.05) is 17.7 Å². The zero-order valence-corrected chi connectivity index (χ0v) is 13.6. The highest BCUT2D eigenvalue weighted by Crippen LogP contribution is 2.17. The minimum absolute atomic E-state index is 0.125. The fourth-order valence-electron chi connectivity index (χ4n) is 1.99. The molecule has 0 aliphatic heterocycles. The van der Waals surface area contributed by atoms with Crippen LogP contribution in [0.1, 0.15) is 13.8 Å². The molecule has 0 spiro atoms. The van der Waals surface area contributed by atoms with Gasteiger partial charge in [-0.25, -0.2) is 0 Å². The van der Waals surface area contributed by atoms with Gasteiger partial charge in [-0.05, 0) is 49.4 Å². The highest BCUT2D eigenvalue weighted by Gasteiger charge is 2.13. The van der Waals surface area contributed by atoms with Gasteiger partial charge in [-0.15, -0.1) is 0 Å². The highest BCUT2D eigenvalue weighted by atomic mass is 35.5. The van der Waals surface area contributed by atoms with Crippen LogP contribution in [0, 0.1) is 0 Å². The van der Waals surface area contributed by atoms with Crippen molar-refractivity contribution in [2.24, 2.45) is 0 Å². The summed E-state index contributed by atoms with van der Waals surface area (Å²) < 4.78 is 0. The molecule has 1 atom stereocenters. The predicted molar refractivity (Wildman–Crippen MR) is 93.9 cm³/mol. The lowest BCUT2D eigenvalue weighted by Gasteiger charge is -2.16. The second kappa shape index (κ2) is 7.65. The average molecular weight is 332 g/mol. The number of amides is 2. The first-order valence-corrected chi connectivity index (χ1v) is 7.52. The van der Waals surface area contributed by atoms with Gasteiger partial charge in [-0.3, -0.25) is 9.59 Å². The van der Waals surface area contributed by atoms with E-state index in [0.717, 1.165) is 5.69 Å². The zero-order valence-electron chi connectivity index (χ0n) is 12.9. The van der Waals surface area contributed by atoms with Crippen molar-refractivity contribution in [3.8, 4) is 0 Å². The molecule has 0 unspecified atom stereocenters. The Morgan fingerprint density at radius 2 is 1.61 bits per heavy atom. The van der Waals surface area contributed by atoms with Crippen molar-refractivity contribution in [1.29, 1.82) is 0 Å². The zero-order chi connectivity index (χ0) is 16.8. The van der Waals surface area contributed by atoms with Crippen LogP contribution in [-0.2, 0) is 9.59 Å². The number of hydrogen-bond acceptors (Lipinski definition) is 3. The van der Waals surface area contributed by atoms with Crippen LogP contribution < -0.4 is 16.0 Å². The van der Waals surface area contributed by atoms with Crippen molar-refractivity contribution in [2.45, 2.75) is 19.9 Å². The first kappa shape index (κ1) is 16.8. The summed E-state index contributed by atoms with van der Waals surface area (Å²) in [4.78, 5) is 23.1. The molecule has 0 aliphatic rings. The number of benzene rings is 2. The van der Waals surface area contributed by atoms with Crippen molar-refractivity contribution in [3.63, 3.8) is 0 Å². The maximum atomic E-state index is 12.2. The fraction of sp³-hybridized carbons (Fsp3) is 0.176. The summed E-state index contributed by atoms with van der Waals surface area (Å²) in [7, 11) is 0. The molecule has 0 aliphatic carbocycles. The summed E-state index contributed by atoms with van der Waals surface area (Å²) >= 11 is 5.89. The summed E-state index contributed by atoms with van der Waals surface area (Å²) in [6.07, 6.45) is 0. The van der Waals surface area contributed by atoms with Crippen molar-refractivity contribution in [2.75, 3.05) is 16.0 Å². The van der Waals surface area contributed by atoms with E-state index < -0.39 is 6.04 Å². The van der Waals surface area contributed by atoms with Crippen LogP contribution in [0.4, 0.5) is 17.1 Å². The van der Waals surface area contributed by atoms with Crippen LogP contribution in [0.5, 0.6) is 0 Å². The SMILES string of the molecule is CC(=O)Nc1ccc(N[C@H](C)C(=O)Nc2cccc(Cl)c2)cc1. The molecule has 120 valence electrons. The quantitative estimate of drug-likeness (QED) is 0.781. The molecule has 0 saturated heterocycles. The fourth-order valence-corrected chi connectivity index (χ4v) is 2.18. The molecule has 23 heavy (non-hydrogen) atoms. The van der Waals surface area contributed by atoms with Gasteiger partial charge in [0.15, 0.2) is 0 Å². The lowest BCUT2D eigenvalue weighted by atomic mass is 10.2. The summed E-state index contributed by atoms with van der Waals surface area (Å²) in [6, 6.07) is 13.7. The molecule has 2 amide bonds. The molecule has 0 fully saturated rings. The third kappa shape index (κ3) is 5.30. The number of halogens is 1. The number of rotatable bonds is 5. The van der Waals surface area contributed by atoms with E-state index >= 15 is 0 Å². The Hall–Kier alpha value is -2.53. The first-order valence-electron chi connectivity index (χ1n) is 7.14. The van der Waals surface area contributed by atoms with Crippen molar-refractivity contribution < 1.29 is 9.59 Å². The summed E-state index contributed by atoms with van der Waals surface area (Å²) in [6.45, 7) is 3.22. The van der Waals surface area contributed by atoms with E-state index in [9.17, 15) is 9.59 Å². The largest absolute Gasteiger partial charge is 0.374 e. The standard InChI is InChI=1S/C17H18ClN3O2/c1-11(17(23)21-16-5-3-4-13(18)10-16)19-14-6-8-15(9-7-14)20-12(2)22/h3-11,19H,1-2H3,(H,20,22)(H,21,23)/t11-/m1/s1. The van der Waals surface area contributed by atoms with Gasteiger partial charge in [0, 0.05) is 29.0 Å². The molecule has 5 nitrogen and oxygen atoms in total. The van der Waals surface area contributed by atoms with Gasteiger partial charge < -0.3 is 16.0 Å². The van der Waals surface area contributed by atoms with E-state index in [4.69, 9.17) is 11.6 Å². The predicted octanol–water partition coefficient (Wildman–Crippen LogP) is 3.74. The molecule has 2 rings (SSSR count). The van der Waals surface area contributed by atoms with Gasteiger partial charge in [-0.2, -0.15) is 0 Å². The van der Waals surface area contributed by atoms with E-state index in [0.29, 0.717) is 16.4 Å². The monoisotopic (exact) mass is 331 g/mol. The van der Waals surface area contributed by atoms with Crippen LogP contribution in [-0.4, -0.2) is 17.9 Å². The Bertz CT molecular complexity index is 701. The molecule has 0 aromatic heterocycles. The molecule has 2 aromatic carbocycles. The molecular formula is C17H18ClN3O2. The van der Waals surface area contributed by atoms with Crippen LogP contribution in [0.25, 0.3) is 0 Å². The number of hydrogen-bond donors (Lipinski definition) is 3. The molecule has 0 bridgehead atoms. The minimum atomic E-state index is -0.430. The molecule has 0 saturated carbocycles. The van der Waals surface area contributed by atoms with Gasteiger partial charge in [0.2, 0.25) is 11.8 Å². The maximum absolute atomic E-state index is 12.2. The third-order valence-electron chi connectivity index (χ3n) is 3.07. The highest BCUT2D eigenvalue weighted by molar-refractivity contribution is 6.30. The number of anilines is 3. The lowest BCUT2D eigenvalue weighted by Crippen LogP contribution is -2.31. The number of nitrogens with one attached hydrogen (secondary N) is 3. The Kier molecular flexibility index (Phi) is 5.60. The normalized spacial score (nSPS) is 11.4. The van der Waals surface area contributed by atoms with Crippen LogP contribution in [0.2, 0.25) is 5.02 Å². The topological polar surface area (TPSA) is 70.2 Å².